The van der Waals surface area contributed by atoms with Gasteiger partial charge in [0.15, 0.2) is 11.5 Å². The third-order valence-corrected chi connectivity index (χ3v) is 4.46. The summed E-state index contributed by atoms with van der Waals surface area (Å²) in [6.07, 6.45) is 6.78. The van der Waals surface area contributed by atoms with Crippen molar-refractivity contribution in [1.82, 2.24) is 4.98 Å². The number of hydrogen-bond acceptors (Lipinski definition) is 2. The highest BCUT2D eigenvalue weighted by Gasteiger charge is 2.19. The van der Waals surface area contributed by atoms with Crippen molar-refractivity contribution in [3.05, 3.63) is 60.3 Å². The summed E-state index contributed by atoms with van der Waals surface area (Å²) in [5, 5.41) is 1.35. The largest absolute Gasteiger partial charge is 0.486 e. The van der Waals surface area contributed by atoms with E-state index >= 15 is 0 Å². The molecule has 1 N–H and O–H groups in total. The van der Waals surface area contributed by atoms with Gasteiger partial charge in [-0.2, -0.15) is 0 Å². The lowest BCUT2D eigenvalue weighted by Crippen LogP contribution is -2.28. The van der Waals surface area contributed by atoms with Gasteiger partial charge in [0, 0.05) is 17.1 Å². The zero-order chi connectivity index (χ0) is 15.5. The molecule has 0 amide bonds. The molecule has 0 saturated carbocycles. The van der Waals surface area contributed by atoms with Crippen LogP contribution in [0.3, 0.4) is 0 Å². The lowest BCUT2D eigenvalue weighted by molar-refractivity contribution is 0.0830. The predicted molar refractivity (Wildman–Crippen MR) is 92.2 cm³/mol. The topological polar surface area (TPSA) is 34.2 Å². The number of ether oxygens (including phenoxy) is 2. The Kier molecular flexibility index (Phi) is 3.93. The molecule has 1 atom stereocenters. The second-order valence-electron chi connectivity index (χ2n) is 6.10. The zero-order valence-electron chi connectivity index (χ0n) is 13.1. The van der Waals surface area contributed by atoms with Crippen LogP contribution in [0.15, 0.2) is 54.7 Å². The fourth-order valence-electron chi connectivity index (χ4n) is 3.23. The normalized spacial score (nSPS) is 16.6. The van der Waals surface area contributed by atoms with E-state index < -0.39 is 0 Å². The Morgan fingerprint density at radius 1 is 0.957 bits per heavy atom. The summed E-state index contributed by atoms with van der Waals surface area (Å²) in [5.41, 5.74) is 2.63. The summed E-state index contributed by atoms with van der Waals surface area (Å²) >= 11 is 0. The molecule has 118 valence electrons. The van der Waals surface area contributed by atoms with Crippen LogP contribution in [-0.4, -0.2) is 17.7 Å². The first-order chi connectivity index (χ1) is 11.4. The number of para-hydroxylation sites is 3. The standard InChI is InChI=1S/C20H21NO2/c1(7-15-13-21-18-10-4-3-9-17(15)18)2-8-16-14-22-19-11-5-6-12-20(19)23-16/h3-6,9-13,16,21H,1-2,7-8,14H2. The number of fused-ring (bicyclic) bond motifs is 2. The molecule has 23 heavy (non-hydrogen) atoms. The van der Waals surface area contributed by atoms with Crippen LogP contribution < -0.4 is 9.47 Å². The van der Waals surface area contributed by atoms with E-state index in [0.717, 1.165) is 30.8 Å². The number of benzene rings is 2. The van der Waals surface area contributed by atoms with Gasteiger partial charge in [0.25, 0.3) is 0 Å². The molecule has 1 unspecified atom stereocenters. The quantitative estimate of drug-likeness (QED) is 0.692. The molecule has 0 bridgehead atoms. The fourth-order valence-corrected chi connectivity index (χ4v) is 3.23. The highest BCUT2D eigenvalue weighted by molar-refractivity contribution is 5.82. The van der Waals surface area contributed by atoms with Crippen LogP contribution in [0.4, 0.5) is 0 Å². The highest BCUT2D eigenvalue weighted by Crippen LogP contribution is 2.32. The molecule has 2 aromatic carbocycles. The SMILES string of the molecule is c1ccc2c(c1)OCC(CCCCc1c[nH]c3ccccc13)O2. The van der Waals surface area contributed by atoms with Gasteiger partial charge in [-0.25, -0.2) is 0 Å². The number of aromatic amines is 1. The summed E-state index contributed by atoms with van der Waals surface area (Å²) < 4.78 is 11.8. The van der Waals surface area contributed by atoms with Crippen molar-refractivity contribution in [2.45, 2.75) is 31.8 Å². The summed E-state index contributed by atoms with van der Waals surface area (Å²) in [5.74, 6) is 1.74. The smallest absolute Gasteiger partial charge is 0.161 e. The van der Waals surface area contributed by atoms with E-state index in [1.807, 2.05) is 24.3 Å². The minimum atomic E-state index is 0.174. The first-order valence-electron chi connectivity index (χ1n) is 8.33. The van der Waals surface area contributed by atoms with Crippen LogP contribution in [0.2, 0.25) is 0 Å². The van der Waals surface area contributed by atoms with Gasteiger partial charge >= 0.3 is 0 Å². The number of unbranched alkanes of at least 4 members (excludes halogenated alkanes) is 1. The van der Waals surface area contributed by atoms with Crippen LogP contribution in [0, 0.1) is 0 Å². The van der Waals surface area contributed by atoms with Crippen molar-refractivity contribution in [2.75, 3.05) is 6.61 Å². The Labute approximate surface area is 136 Å². The zero-order valence-corrected chi connectivity index (χ0v) is 13.1. The average molecular weight is 307 g/mol. The van der Waals surface area contributed by atoms with Gasteiger partial charge < -0.3 is 14.5 Å². The van der Waals surface area contributed by atoms with E-state index in [2.05, 4.69) is 35.4 Å². The molecule has 0 fully saturated rings. The maximum Gasteiger partial charge on any atom is 0.161 e. The summed E-state index contributed by atoms with van der Waals surface area (Å²) in [7, 11) is 0. The molecule has 3 heteroatoms. The fraction of sp³-hybridized carbons (Fsp3) is 0.300. The first kappa shape index (κ1) is 14.2. The Balaban J connectivity index is 1.28. The molecule has 0 aliphatic carbocycles. The second-order valence-corrected chi connectivity index (χ2v) is 6.10. The number of aryl methyl sites for hydroxylation is 1. The lowest BCUT2D eigenvalue weighted by atomic mass is 10.0. The molecule has 1 aliphatic heterocycles. The molecule has 3 nitrogen and oxygen atoms in total. The molecular weight excluding hydrogens is 286 g/mol. The molecule has 0 saturated heterocycles. The maximum absolute atomic E-state index is 6.01. The van der Waals surface area contributed by atoms with Crippen LogP contribution in [0.5, 0.6) is 11.5 Å². The molecule has 0 spiro atoms. The summed E-state index contributed by atoms with van der Waals surface area (Å²) in [6.45, 7) is 0.657. The van der Waals surface area contributed by atoms with Crippen LogP contribution in [0.25, 0.3) is 10.9 Å². The molecule has 1 aliphatic rings. The van der Waals surface area contributed by atoms with Gasteiger partial charge in [-0.3, -0.25) is 0 Å². The van der Waals surface area contributed by atoms with E-state index in [1.165, 1.54) is 22.9 Å². The minimum Gasteiger partial charge on any atom is -0.486 e. The first-order valence-corrected chi connectivity index (χ1v) is 8.33. The van der Waals surface area contributed by atoms with Crippen molar-refractivity contribution in [2.24, 2.45) is 0 Å². The van der Waals surface area contributed by atoms with Gasteiger partial charge in [0.2, 0.25) is 0 Å². The van der Waals surface area contributed by atoms with Crippen LogP contribution in [0.1, 0.15) is 24.8 Å². The Morgan fingerprint density at radius 3 is 2.74 bits per heavy atom. The van der Waals surface area contributed by atoms with E-state index in [0.29, 0.717) is 6.61 Å². The third kappa shape index (κ3) is 3.04. The van der Waals surface area contributed by atoms with E-state index in [-0.39, 0.29) is 6.10 Å². The van der Waals surface area contributed by atoms with Crippen LogP contribution >= 0.6 is 0 Å². The second kappa shape index (κ2) is 6.37. The van der Waals surface area contributed by atoms with Gasteiger partial charge in [-0.1, -0.05) is 30.3 Å². The van der Waals surface area contributed by atoms with Crippen LogP contribution in [-0.2, 0) is 6.42 Å². The van der Waals surface area contributed by atoms with Crippen molar-refractivity contribution in [1.29, 1.82) is 0 Å². The number of H-pyrrole nitrogens is 1. The predicted octanol–water partition coefficient (Wildman–Crippen LogP) is 4.72. The molecule has 4 rings (SSSR count). The highest BCUT2D eigenvalue weighted by atomic mass is 16.6. The van der Waals surface area contributed by atoms with Crippen molar-refractivity contribution in [3.63, 3.8) is 0 Å². The molecule has 2 heterocycles. The van der Waals surface area contributed by atoms with Gasteiger partial charge in [-0.05, 0) is 49.4 Å². The number of nitrogens with one attached hydrogen (secondary N) is 1. The molecule has 0 radical (unpaired) electrons. The number of hydrogen-bond donors (Lipinski definition) is 1. The minimum absolute atomic E-state index is 0.174. The van der Waals surface area contributed by atoms with E-state index in [4.69, 9.17) is 9.47 Å². The van der Waals surface area contributed by atoms with Crippen molar-refractivity contribution >= 4 is 10.9 Å². The van der Waals surface area contributed by atoms with Gasteiger partial charge in [-0.15, -0.1) is 0 Å². The van der Waals surface area contributed by atoms with Gasteiger partial charge in [0.05, 0.1) is 0 Å². The Hall–Kier alpha value is -2.42. The molecule has 1 aromatic heterocycles. The Morgan fingerprint density at radius 2 is 1.78 bits per heavy atom. The number of rotatable bonds is 5. The summed E-state index contributed by atoms with van der Waals surface area (Å²) in [6, 6.07) is 16.4. The average Bonchev–Trinajstić information content (AvgIpc) is 3.02. The summed E-state index contributed by atoms with van der Waals surface area (Å²) in [4.78, 5) is 3.34. The van der Waals surface area contributed by atoms with Crippen molar-refractivity contribution in [3.8, 4) is 11.5 Å². The molecule has 3 aromatic rings. The Bertz CT molecular complexity index is 793. The third-order valence-electron chi connectivity index (χ3n) is 4.46. The number of aromatic nitrogens is 1. The van der Waals surface area contributed by atoms with Gasteiger partial charge in [0.1, 0.15) is 12.7 Å². The van der Waals surface area contributed by atoms with Crippen molar-refractivity contribution < 1.29 is 9.47 Å². The maximum atomic E-state index is 6.01. The van der Waals surface area contributed by atoms with E-state index in [1.54, 1.807) is 0 Å². The monoisotopic (exact) mass is 307 g/mol. The molecular formula is C20H21NO2. The lowest BCUT2D eigenvalue weighted by Gasteiger charge is -2.26. The van der Waals surface area contributed by atoms with E-state index in [9.17, 15) is 0 Å².